The molecule has 0 aliphatic heterocycles. The largest absolute Gasteiger partial charge is 0.398 e. The molecule has 0 atom stereocenters. The van der Waals surface area contributed by atoms with Gasteiger partial charge in [-0.2, -0.15) is 0 Å². The standard InChI is InChI=1S/C7H9N3O2S2/c1-12-10-5(6(11)13-2)4-3-14-7(8)9-4/h3H,1-2H3,(H2,8,9). The van der Waals surface area contributed by atoms with E-state index in [0.29, 0.717) is 10.8 Å². The molecule has 0 aliphatic carbocycles. The second-order valence-corrected chi connectivity index (χ2v) is 3.85. The van der Waals surface area contributed by atoms with Crippen LogP contribution in [0.25, 0.3) is 0 Å². The van der Waals surface area contributed by atoms with Crippen molar-refractivity contribution in [2.75, 3.05) is 19.1 Å². The molecule has 2 N–H and O–H groups in total. The van der Waals surface area contributed by atoms with E-state index in [0.717, 1.165) is 11.8 Å². The summed E-state index contributed by atoms with van der Waals surface area (Å²) in [6.45, 7) is 0. The number of oxime groups is 1. The molecule has 7 heteroatoms. The average Bonchev–Trinajstić information content (AvgIpc) is 2.60. The zero-order valence-corrected chi connectivity index (χ0v) is 9.32. The van der Waals surface area contributed by atoms with Gasteiger partial charge in [-0.3, -0.25) is 4.79 Å². The van der Waals surface area contributed by atoms with Crippen molar-refractivity contribution in [1.29, 1.82) is 0 Å². The van der Waals surface area contributed by atoms with Crippen molar-refractivity contribution in [3.63, 3.8) is 0 Å². The molecule has 5 nitrogen and oxygen atoms in total. The van der Waals surface area contributed by atoms with Gasteiger partial charge in [0.05, 0.1) is 0 Å². The Hall–Kier alpha value is -1.08. The molecule has 0 fully saturated rings. The van der Waals surface area contributed by atoms with Crippen LogP contribution in [0.1, 0.15) is 5.69 Å². The number of thiazole rings is 1. The average molecular weight is 231 g/mol. The van der Waals surface area contributed by atoms with E-state index in [1.54, 1.807) is 11.6 Å². The summed E-state index contributed by atoms with van der Waals surface area (Å²) in [6.07, 6.45) is 1.67. The van der Waals surface area contributed by atoms with Gasteiger partial charge in [0.2, 0.25) is 5.12 Å². The lowest BCUT2D eigenvalue weighted by molar-refractivity contribution is -0.105. The molecule has 1 rings (SSSR count). The summed E-state index contributed by atoms with van der Waals surface area (Å²) in [5.74, 6) is 0. The lowest BCUT2D eigenvalue weighted by Crippen LogP contribution is -2.12. The Morgan fingerprint density at radius 2 is 2.50 bits per heavy atom. The lowest BCUT2D eigenvalue weighted by Gasteiger charge is -1.97. The molecule has 76 valence electrons. The number of nitrogens with zero attached hydrogens (tertiary/aromatic N) is 2. The van der Waals surface area contributed by atoms with E-state index in [1.165, 1.54) is 18.4 Å². The molecule has 0 unspecified atom stereocenters. The number of carbonyl (C=O) groups is 1. The lowest BCUT2D eigenvalue weighted by atomic mass is 10.3. The number of hydrogen-bond donors (Lipinski definition) is 1. The van der Waals surface area contributed by atoms with Crippen LogP contribution < -0.4 is 5.73 Å². The fraction of sp³-hybridized carbons (Fsp3) is 0.286. The minimum Gasteiger partial charge on any atom is -0.398 e. The monoisotopic (exact) mass is 231 g/mol. The normalized spacial score (nSPS) is 11.4. The molecular weight excluding hydrogens is 222 g/mol. The highest BCUT2D eigenvalue weighted by Crippen LogP contribution is 2.14. The summed E-state index contributed by atoms with van der Waals surface area (Å²) in [5, 5.41) is 5.48. The topological polar surface area (TPSA) is 77.6 Å². The number of thioether (sulfide) groups is 1. The third-order valence-electron chi connectivity index (χ3n) is 1.33. The van der Waals surface area contributed by atoms with Gasteiger partial charge in [-0.1, -0.05) is 16.9 Å². The fourth-order valence-corrected chi connectivity index (χ4v) is 1.66. The maximum absolute atomic E-state index is 11.4. The first-order chi connectivity index (χ1) is 6.69. The van der Waals surface area contributed by atoms with Crippen molar-refractivity contribution in [2.45, 2.75) is 0 Å². The van der Waals surface area contributed by atoms with Gasteiger partial charge in [0.15, 0.2) is 10.8 Å². The molecule has 0 saturated carbocycles. The van der Waals surface area contributed by atoms with E-state index >= 15 is 0 Å². The molecule has 0 aromatic carbocycles. The number of hydrogen-bond acceptors (Lipinski definition) is 7. The van der Waals surface area contributed by atoms with E-state index in [4.69, 9.17) is 5.73 Å². The Balaban J connectivity index is 3.00. The minimum absolute atomic E-state index is 0.188. The van der Waals surface area contributed by atoms with E-state index in [9.17, 15) is 4.79 Å². The van der Waals surface area contributed by atoms with Crippen molar-refractivity contribution < 1.29 is 9.63 Å². The van der Waals surface area contributed by atoms with Crippen LogP contribution in [0.3, 0.4) is 0 Å². The Bertz CT molecular complexity index is 362. The molecule has 1 aromatic rings. The summed E-state index contributed by atoms with van der Waals surface area (Å²) in [6, 6.07) is 0. The highest BCUT2D eigenvalue weighted by molar-refractivity contribution is 8.14. The van der Waals surface area contributed by atoms with Crippen molar-refractivity contribution in [3.05, 3.63) is 11.1 Å². The molecule has 0 amide bonds. The smallest absolute Gasteiger partial charge is 0.243 e. The predicted octanol–water partition coefficient (Wildman–Crippen LogP) is 0.965. The van der Waals surface area contributed by atoms with Crippen LogP contribution in [0.15, 0.2) is 10.5 Å². The first-order valence-corrected chi connectivity index (χ1v) is 5.70. The Labute approximate surface area is 89.3 Å². The van der Waals surface area contributed by atoms with Crippen LogP contribution in [-0.2, 0) is 9.63 Å². The third kappa shape index (κ3) is 2.46. The number of aromatic nitrogens is 1. The number of anilines is 1. The maximum atomic E-state index is 11.4. The van der Waals surface area contributed by atoms with Gasteiger partial charge in [-0.05, 0) is 6.26 Å². The van der Waals surface area contributed by atoms with Gasteiger partial charge in [0.1, 0.15) is 12.8 Å². The quantitative estimate of drug-likeness (QED) is 0.619. The van der Waals surface area contributed by atoms with Crippen molar-refractivity contribution in [2.24, 2.45) is 5.16 Å². The van der Waals surface area contributed by atoms with E-state index < -0.39 is 0 Å². The van der Waals surface area contributed by atoms with Crippen LogP contribution >= 0.6 is 23.1 Å². The maximum Gasteiger partial charge on any atom is 0.243 e. The number of nitrogens with two attached hydrogens (primary N) is 1. The minimum atomic E-state index is -0.197. The fourth-order valence-electron chi connectivity index (χ4n) is 0.773. The Morgan fingerprint density at radius 3 is 2.93 bits per heavy atom. The van der Waals surface area contributed by atoms with Crippen LogP contribution in [0.5, 0.6) is 0 Å². The number of nitrogen functional groups attached to an aromatic ring is 1. The van der Waals surface area contributed by atoms with Crippen molar-refractivity contribution in [1.82, 2.24) is 4.98 Å². The van der Waals surface area contributed by atoms with Crippen LogP contribution in [-0.4, -0.2) is 29.2 Å². The summed E-state index contributed by atoms with van der Waals surface area (Å²) >= 11 is 2.31. The third-order valence-corrected chi connectivity index (χ3v) is 2.56. The van der Waals surface area contributed by atoms with Crippen LogP contribution in [0.4, 0.5) is 5.13 Å². The highest BCUT2D eigenvalue weighted by atomic mass is 32.2. The summed E-state index contributed by atoms with van der Waals surface area (Å²) in [5.41, 5.74) is 6.09. The van der Waals surface area contributed by atoms with E-state index in [-0.39, 0.29) is 10.8 Å². The molecule has 0 radical (unpaired) electrons. The van der Waals surface area contributed by atoms with Gasteiger partial charge in [-0.15, -0.1) is 11.3 Å². The molecule has 0 bridgehead atoms. The summed E-state index contributed by atoms with van der Waals surface area (Å²) < 4.78 is 0. The van der Waals surface area contributed by atoms with Gasteiger partial charge in [0.25, 0.3) is 0 Å². The predicted molar refractivity (Wildman–Crippen MR) is 58.6 cm³/mol. The molecule has 0 saturated heterocycles. The van der Waals surface area contributed by atoms with Gasteiger partial charge < -0.3 is 10.6 Å². The van der Waals surface area contributed by atoms with Gasteiger partial charge >= 0.3 is 0 Å². The molecule has 1 heterocycles. The van der Waals surface area contributed by atoms with Gasteiger partial charge in [-0.25, -0.2) is 4.98 Å². The van der Waals surface area contributed by atoms with Crippen LogP contribution in [0, 0.1) is 0 Å². The number of carbonyl (C=O) groups excluding carboxylic acids is 1. The Morgan fingerprint density at radius 1 is 1.79 bits per heavy atom. The second kappa shape index (κ2) is 4.97. The molecule has 1 aromatic heterocycles. The van der Waals surface area contributed by atoms with Crippen LogP contribution in [0.2, 0.25) is 0 Å². The summed E-state index contributed by atoms with van der Waals surface area (Å²) in [4.78, 5) is 19.9. The molecular formula is C7H9N3O2S2. The van der Waals surface area contributed by atoms with Gasteiger partial charge in [0, 0.05) is 5.38 Å². The zero-order chi connectivity index (χ0) is 10.6. The van der Waals surface area contributed by atoms with Crippen molar-refractivity contribution >= 4 is 39.1 Å². The zero-order valence-electron chi connectivity index (χ0n) is 7.68. The second-order valence-electron chi connectivity index (χ2n) is 2.19. The first-order valence-electron chi connectivity index (χ1n) is 3.60. The van der Waals surface area contributed by atoms with E-state index in [2.05, 4.69) is 15.0 Å². The molecule has 0 aliphatic rings. The number of rotatable bonds is 3. The molecule has 0 spiro atoms. The SMILES string of the molecule is CON=C(C(=O)SC)c1csc(N)n1. The van der Waals surface area contributed by atoms with E-state index in [1.807, 2.05) is 0 Å². The summed E-state index contributed by atoms with van der Waals surface area (Å²) in [7, 11) is 1.38. The Kier molecular flexibility index (Phi) is 3.90. The highest BCUT2D eigenvalue weighted by Gasteiger charge is 2.16. The first kappa shape index (κ1) is 11.0. The molecule has 14 heavy (non-hydrogen) atoms. The van der Waals surface area contributed by atoms with Crippen molar-refractivity contribution in [3.8, 4) is 0 Å².